The Kier molecular flexibility index (Phi) is 6.35. The highest BCUT2D eigenvalue weighted by molar-refractivity contribution is 5.77. The maximum atomic E-state index is 11.4. The summed E-state index contributed by atoms with van der Waals surface area (Å²) in [5.41, 5.74) is 0. The van der Waals surface area contributed by atoms with Crippen molar-refractivity contribution in [3.63, 3.8) is 0 Å². The molecule has 6 heteroatoms. The summed E-state index contributed by atoms with van der Waals surface area (Å²) in [4.78, 5) is 15.5. The van der Waals surface area contributed by atoms with Gasteiger partial charge in [-0.05, 0) is 19.3 Å². The van der Waals surface area contributed by atoms with E-state index >= 15 is 0 Å². The van der Waals surface area contributed by atoms with Crippen LogP contribution >= 0.6 is 0 Å². The molecule has 0 aliphatic rings. The second-order valence-electron chi connectivity index (χ2n) is 4.69. The monoisotopic (exact) mass is 254 g/mol. The summed E-state index contributed by atoms with van der Waals surface area (Å²) in [5.74, 6) is 1.87. The van der Waals surface area contributed by atoms with Gasteiger partial charge in [0.25, 0.3) is 0 Å². The van der Waals surface area contributed by atoms with Crippen LogP contribution in [-0.2, 0) is 11.2 Å². The number of hydrogen-bond donors (Lipinski definition) is 2. The van der Waals surface area contributed by atoms with Crippen molar-refractivity contribution in [1.29, 1.82) is 0 Å². The molecule has 2 N–H and O–H groups in total. The van der Waals surface area contributed by atoms with E-state index in [1.165, 1.54) is 0 Å². The summed E-state index contributed by atoms with van der Waals surface area (Å²) in [7, 11) is 0. The fourth-order valence-electron chi connectivity index (χ4n) is 1.40. The molecule has 0 atom stereocenters. The van der Waals surface area contributed by atoms with Crippen molar-refractivity contribution in [1.82, 2.24) is 20.8 Å². The summed E-state index contributed by atoms with van der Waals surface area (Å²) >= 11 is 0. The number of aromatic nitrogens is 2. The zero-order valence-electron chi connectivity index (χ0n) is 11.3. The Balaban J connectivity index is 2.02. The van der Waals surface area contributed by atoms with Gasteiger partial charge in [0.05, 0.1) is 6.54 Å². The van der Waals surface area contributed by atoms with Crippen LogP contribution < -0.4 is 10.6 Å². The molecule has 1 heterocycles. The van der Waals surface area contributed by atoms with Crippen molar-refractivity contribution < 1.29 is 9.32 Å². The Hall–Kier alpha value is -1.43. The summed E-state index contributed by atoms with van der Waals surface area (Å²) in [5, 5.41) is 9.60. The minimum absolute atomic E-state index is 0.0253. The topological polar surface area (TPSA) is 80.0 Å². The first-order valence-electron chi connectivity index (χ1n) is 6.34. The predicted molar refractivity (Wildman–Crippen MR) is 68.1 cm³/mol. The summed E-state index contributed by atoms with van der Waals surface area (Å²) in [6, 6.07) is 0. The van der Waals surface area contributed by atoms with E-state index in [0.717, 1.165) is 13.0 Å². The van der Waals surface area contributed by atoms with E-state index in [0.29, 0.717) is 37.1 Å². The molecule has 0 fully saturated rings. The molecule has 18 heavy (non-hydrogen) atoms. The van der Waals surface area contributed by atoms with Crippen LogP contribution in [0.25, 0.3) is 0 Å². The van der Waals surface area contributed by atoms with Crippen molar-refractivity contribution in [3.05, 3.63) is 11.7 Å². The molecule has 0 aromatic carbocycles. The fraction of sp³-hybridized carbons (Fsp3) is 0.750. The van der Waals surface area contributed by atoms with E-state index in [2.05, 4.69) is 34.6 Å². The first-order chi connectivity index (χ1) is 8.58. The van der Waals surface area contributed by atoms with E-state index in [4.69, 9.17) is 4.52 Å². The first-order valence-corrected chi connectivity index (χ1v) is 6.34. The molecule has 102 valence electrons. The molecule has 0 radical (unpaired) electrons. The van der Waals surface area contributed by atoms with Gasteiger partial charge in [0, 0.05) is 19.5 Å². The molecule has 1 amide bonds. The summed E-state index contributed by atoms with van der Waals surface area (Å²) in [6.45, 7) is 7.77. The molecule has 0 aliphatic carbocycles. The van der Waals surface area contributed by atoms with Gasteiger partial charge < -0.3 is 15.2 Å². The maximum Gasteiger partial charge on any atom is 0.233 e. The highest BCUT2D eigenvalue weighted by Gasteiger charge is 2.03. The fourth-order valence-corrected chi connectivity index (χ4v) is 1.40. The number of nitrogens with zero attached hydrogens (tertiary/aromatic N) is 2. The van der Waals surface area contributed by atoms with Crippen LogP contribution in [-0.4, -0.2) is 35.7 Å². The van der Waals surface area contributed by atoms with Gasteiger partial charge in [-0.3, -0.25) is 4.79 Å². The van der Waals surface area contributed by atoms with Crippen LogP contribution in [0.4, 0.5) is 0 Å². The lowest BCUT2D eigenvalue weighted by atomic mass is 10.1. The van der Waals surface area contributed by atoms with Crippen LogP contribution in [0, 0.1) is 12.8 Å². The van der Waals surface area contributed by atoms with Gasteiger partial charge in [0.15, 0.2) is 5.82 Å². The summed E-state index contributed by atoms with van der Waals surface area (Å²) < 4.78 is 4.96. The van der Waals surface area contributed by atoms with Gasteiger partial charge in [-0.25, -0.2) is 0 Å². The lowest BCUT2D eigenvalue weighted by Crippen LogP contribution is -2.35. The minimum Gasteiger partial charge on any atom is -0.355 e. The molecule has 1 rings (SSSR count). The van der Waals surface area contributed by atoms with Crippen LogP contribution in [0.1, 0.15) is 32.0 Å². The van der Waals surface area contributed by atoms with Crippen molar-refractivity contribution in [2.45, 2.75) is 33.6 Å². The molecule has 1 aromatic heterocycles. The zero-order chi connectivity index (χ0) is 13.4. The maximum absolute atomic E-state index is 11.4. The molecule has 0 unspecified atom stereocenters. The quantitative estimate of drug-likeness (QED) is 0.667. The average Bonchev–Trinajstić information content (AvgIpc) is 2.70. The van der Waals surface area contributed by atoms with E-state index in [9.17, 15) is 4.79 Å². The van der Waals surface area contributed by atoms with Crippen molar-refractivity contribution in [2.24, 2.45) is 5.92 Å². The van der Waals surface area contributed by atoms with Crippen LogP contribution in [0.3, 0.4) is 0 Å². The lowest BCUT2D eigenvalue weighted by Gasteiger charge is -2.07. The average molecular weight is 254 g/mol. The Morgan fingerprint density at radius 2 is 2.17 bits per heavy atom. The molecule has 0 saturated carbocycles. The van der Waals surface area contributed by atoms with Crippen molar-refractivity contribution >= 4 is 5.91 Å². The van der Waals surface area contributed by atoms with Crippen LogP contribution in [0.15, 0.2) is 4.52 Å². The van der Waals surface area contributed by atoms with Crippen molar-refractivity contribution in [3.8, 4) is 0 Å². The number of nitrogens with one attached hydrogen (secondary N) is 2. The van der Waals surface area contributed by atoms with Gasteiger partial charge in [0.2, 0.25) is 11.8 Å². The zero-order valence-corrected chi connectivity index (χ0v) is 11.3. The van der Waals surface area contributed by atoms with E-state index in [1.807, 2.05) is 0 Å². The second kappa shape index (κ2) is 7.81. The van der Waals surface area contributed by atoms with Gasteiger partial charge >= 0.3 is 0 Å². The first kappa shape index (κ1) is 14.6. The lowest BCUT2D eigenvalue weighted by molar-refractivity contribution is -0.120. The van der Waals surface area contributed by atoms with Gasteiger partial charge in [-0.15, -0.1) is 0 Å². The molecule has 0 spiro atoms. The van der Waals surface area contributed by atoms with E-state index < -0.39 is 0 Å². The molecule has 0 aliphatic heterocycles. The molecule has 1 aromatic rings. The SMILES string of the molecule is Cc1noc(CCNCC(=O)NCCC(C)C)n1. The van der Waals surface area contributed by atoms with Gasteiger partial charge in [-0.1, -0.05) is 19.0 Å². The van der Waals surface area contributed by atoms with Gasteiger partial charge in [-0.2, -0.15) is 4.98 Å². The number of aryl methyl sites for hydroxylation is 1. The smallest absolute Gasteiger partial charge is 0.233 e. The molecular weight excluding hydrogens is 232 g/mol. The minimum atomic E-state index is 0.0253. The van der Waals surface area contributed by atoms with Crippen LogP contribution in [0.2, 0.25) is 0 Å². The van der Waals surface area contributed by atoms with Crippen molar-refractivity contribution in [2.75, 3.05) is 19.6 Å². The number of amides is 1. The molecule has 0 saturated heterocycles. The third-order valence-electron chi connectivity index (χ3n) is 2.41. The largest absolute Gasteiger partial charge is 0.355 e. The Labute approximate surface area is 108 Å². The normalized spacial score (nSPS) is 10.9. The molecular formula is C12H22N4O2. The third kappa shape index (κ3) is 6.34. The Bertz CT molecular complexity index is 363. The van der Waals surface area contributed by atoms with E-state index in [1.54, 1.807) is 6.92 Å². The highest BCUT2D eigenvalue weighted by Crippen LogP contribution is 1.96. The number of carbonyl (C=O) groups excluding carboxylic acids is 1. The van der Waals surface area contributed by atoms with Gasteiger partial charge in [0.1, 0.15) is 0 Å². The second-order valence-corrected chi connectivity index (χ2v) is 4.69. The number of hydrogen-bond acceptors (Lipinski definition) is 5. The number of rotatable bonds is 8. The third-order valence-corrected chi connectivity index (χ3v) is 2.41. The highest BCUT2D eigenvalue weighted by atomic mass is 16.5. The van der Waals surface area contributed by atoms with E-state index in [-0.39, 0.29) is 5.91 Å². The Morgan fingerprint density at radius 1 is 1.39 bits per heavy atom. The number of carbonyl (C=O) groups is 1. The Morgan fingerprint density at radius 3 is 2.78 bits per heavy atom. The van der Waals surface area contributed by atoms with Crippen LogP contribution in [0.5, 0.6) is 0 Å². The predicted octanol–water partition coefficient (Wildman–Crippen LogP) is 0.672. The summed E-state index contributed by atoms with van der Waals surface area (Å²) in [6.07, 6.45) is 1.65. The molecule has 0 bridgehead atoms. The molecule has 6 nitrogen and oxygen atoms in total. The standard InChI is InChI=1S/C12H22N4O2/c1-9(2)4-7-14-11(17)8-13-6-5-12-15-10(3)16-18-12/h9,13H,4-8H2,1-3H3,(H,14,17).